The first-order valence-corrected chi connectivity index (χ1v) is 4.21. The van der Waals surface area contributed by atoms with E-state index in [1.54, 1.807) is 0 Å². The van der Waals surface area contributed by atoms with E-state index in [2.05, 4.69) is 9.72 Å². The van der Waals surface area contributed by atoms with Gasteiger partial charge in [-0.2, -0.15) is 0 Å². The highest BCUT2D eigenvalue weighted by molar-refractivity contribution is 5.50. The number of ether oxygens (including phenoxy) is 1. The number of hydrogen-bond donors (Lipinski definition) is 0. The number of hydrogen-bond acceptors (Lipinski definition) is 4. The average molecular weight is 254 g/mol. The molecule has 1 rings (SSSR count). The lowest BCUT2D eigenvalue weighted by atomic mass is 10.1. The van der Waals surface area contributed by atoms with Crippen LogP contribution in [0, 0.1) is 17.0 Å². The summed E-state index contributed by atoms with van der Waals surface area (Å²) in [4.78, 5) is 12.8. The smallest absolute Gasteiger partial charge is 0.387 e. The summed E-state index contributed by atoms with van der Waals surface area (Å²) in [5.74, 6) is -1.14. The van der Waals surface area contributed by atoms with Gasteiger partial charge in [0.05, 0.1) is 4.92 Å². The summed E-state index contributed by atoms with van der Waals surface area (Å²) < 4.78 is 51.8. The van der Waals surface area contributed by atoms with Crippen molar-refractivity contribution in [3.8, 4) is 5.88 Å². The molecule has 94 valence electrons. The number of pyridine rings is 1. The van der Waals surface area contributed by atoms with Crippen molar-refractivity contribution in [2.45, 2.75) is 20.0 Å². The average Bonchev–Trinajstić information content (AvgIpc) is 2.17. The fourth-order valence-electron chi connectivity index (χ4n) is 1.21. The monoisotopic (exact) mass is 254 g/mol. The van der Waals surface area contributed by atoms with Crippen LogP contribution in [0.15, 0.2) is 6.20 Å². The van der Waals surface area contributed by atoms with Crippen LogP contribution >= 0.6 is 0 Å². The van der Waals surface area contributed by atoms with E-state index in [4.69, 9.17) is 0 Å². The van der Waals surface area contributed by atoms with Crippen LogP contribution in [-0.4, -0.2) is 16.3 Å². The molecule has 0 saturated carbocycles. The molecule has 0 aromatic carbocycles. The van der Waals surface area contributed by atoms with E-state index in [0.717, 1.165) is 6.20 Å². The van der Waals surface area contributed by atoms with Gasteiger partial charge < -0.3 is 4.74 Å². The van der Waals surface area contributed by atoms with Crippen molar-refractivity contribution in [2.75, 3.05) is 0 Å². The van der Waals surface area contributed by atoms with Gasteiger partial charge in [0.2, 0.25) is 5.88 Å². The highest BCUT2D eigenvalue weighted by Crippen LogP contribution is 2.33. The van der Waals surface area contributed by atoms with E-state index in [1.807, 2.05) is 0 Å². The molecule has 0 aliphatic rings. The molecule has 0 aliphatic heterocycles. The minimum Gasteiger partial charge on any atom is -0.387 e. The summed E-state index contributed by atoms with van der Waals surface area (Å²) in [6.07, 6.45) is -4.27. The molecule has 0 amide bonds. The number of nitro groups is 1. The summed E-state index contributed by atoms with van der Waals surface area (Å²) in [6, 6.07) is 0. The van der Waals surface area contributed by atoms with Crippen LogP contribution in [0.25, 0.3) is 0 Å². The van der Waals surface area contributed by atoms with E-state index < -0.39 is 35.1 Å². The fourth-order valence-corrected chi connectivity index (χ4v) is 1.21. The van der Waals surface area contributed by atoms with E-state index in [-0.39, 0.29) is 5.56 Å². The van der Waals surface area contributed by atoms with Crippen molar-refractivity contribution in [1.82, 2.24) is 4.98 Å². The van der Waals surface area contributed by atoms with Crippen LogP contribution in [0.2, 0.25) is 0 Å². The molecular weight excluding hydrogens is 248 g/mol. The standard InChI is InChI=1S/C8H6F4N2O3/c1-4-3-13-7(17-8(10,11)12)5(2-9)6(4)14(15)16/h3H,2H2,1H3. The Morgan fingerprint density at radius 3 is 2.53 bits per heavy atom. The lowest BCUT2D eigenvalue weighted by molar-refractivity contribution is -0.386. The Morgan fingerprint density at radius 1 is 1.53 bits per heavy atom. The molecule has 1 heterocycles. The third-order valence-corrected chi connectivity index (χ3v) is 1.82. The lowest BCUT2D eigenvalue weighted by Crippen LogP contribution is -2.19. The molecule has 0 fully saturated rings. The topological polar surface area (TPSA) is 65.3 Å². The molecule has 0 saturated heterocycles. The van der Waals surface area contributed by atoms with E-state index >= 15 is 0 Å². The number of aryl methyl sites for hydroxylation is 1. The summed E-state index contributed by atoms with van der Waals surface area (Å²) in [7, 11) is 0. The first kappa shape index (κ1) is 13.1. The molecule has 0 bridgehead atoms. The predicted molar refractivity (Wildman–Crippen MR) is 47.1 cm³/mol. The number of alkyl halides is 4. The normalized spacial score (nSPS) is 11.4. The highest BCUT2D eigenvalue weighted by atomic mass is 19.4. The van der Waals surface area contributed by atoms with Gasteiger partial charge in [0, 0.05) is 11.8 Å². The van der Waals surface area contributed by atoms with Crippen molar-refractivity contribution < 1.29 is 27.2 Å². The van der Waals surface area contributed by atoms with Crippen LogP contribution in [-0.2, 0) is 6.67 Å². The van der Waals surface area contributed by atoms with Crippen molar-refractivity contribution in [3.63, 3.8) is 0 Å². The molecule has 17 heavy (non-hydrogen) atoms. The summed E-state index contributed by atoms with van der Waals surface area (Å²) in [5.41, 5.74) is -1.63. The van der Waals surface area contributed by atoms with Crippen LogP contribution in [0.5, 0.6) is 5.88 Å². The zero-order valence-corrected chi connectivity index (χ0v) is 8.42. The SMILES string of the molecule is Cc1cnc(OC(F)(F)F)c(CF)c1[N+](=O)[O-]. The van der Waals surface area contributed by atoms with Gasteiger partial charge in [0.15, 0.2) is 0 Å². The molecule has 5 nitrogen and oxygen atoms in total. The molecule has 9 heteroatoms. The van der Waals surface area contributed by atoms with Gasteiger partial charge in [-0.15, -0.1) is 13.2 Å². The molecule has 0 radical (unpaired) electrons. The van der Waals surface area contributed by atoms with Gasteiger partial charge in [-0.3, -0.25) is 10.1 Å². The maximum atomic E-state index is 12.6. The maximum absolute atomic E-state index is 12.6. The third-order valence-electron chi connectivity index (χ3n) is 1.82. The zero-order valence-electron chi connectivity index (χ0n) is 8.42. The molecule has 1 aromatic rings. The Morgan fingerprint density at radius 2 is 2.12 bits per heavy atom. The van der Waals surface area contributed by atoms with Crippen molar-refractivity contribution in [1.29, 1.82) is 0 Å². The van der Waals surface area contributed by atoms with E-state index in [9.17, 15) is 27.7 Å². The molecule has 1 aromatic heterocycles. The Labute approximate surface area is 92.2 Å². The van der Waals surface area contributed by atoms with E-state index in [0.29, 0.717) is 0 Å². The second-order valence-electron chi connectivity index (χ2n) is 3.01. The maximum Gasteiger partial charge on any atom is 0.574 e. The molecular formula is C8H6F4N2O3. The van der Waals surface area contributed by atoms with Crippen LogP contribution in [0.1, 0.15) is 11.1 Å². The predicted octanol–water partition coefficient (Wildman–Crippen LogP) is 2.67. The Kier molecular flexibility index (Phi) is 3.49. The first-order valence-electron chi connectivity index (χ1n) is 4.21. The van der Waals surface area contributed by atoms with Crippen molar-refractivity contribution in [2.24, 2.45) is 0 Å². The van der Waals surface area contributed by atoms with Gasteiger partial charge in [0.1, 0.15) is 12.2 Å². The van der Waals surface area contributed by atoms with E-state index in [1.165, 1.54) is 6.92 Å². The number of nitrogens with zero attached hydrogens (tertiary/aromatic N) is 2. The Bertz CT molecular complexity index is 447. The first-order chi connectivity index (χ1) is 7.76. The Balaban J connectivity index is 3.33. The van der Waals surface area contributed by atoms with Crippen molar-refractivity contribution >= 4 is 5.69 Å². The quantitative estimate of drug-likeness (QED) is 0.472. The summed E-state index contributed by atoms with van der Waals surface area (Å²) in [6.45, 7) is -0.238. The molecule has 0 aliphatic carbocycles. The molecule has 0 N–H and O–H groups in total. The number of aromatic nitrogens is 1. The van der Waals surface area contributed by atoms with Gasteiger partial charge in [-0.05, 0) is 6.92 Å². The second kappa shape index (κ2) is 4.52. The van der Waals surface area contributed by atoms with Crippen LogP contribution < -0.4 is 4.74 Å². The molecule has 0 unspecified atom stereocenters. The van der Waals surface area contributed by atoms with Gasteiger partial charge in [0.25, 0.3) is 5.69 Å². The summed E-state index contributed by atoms with van der Waals surface area (Å²) in [5, 5.41) is 10.6. The van der Waals surface area contributed by atoms with Gasteiger partial charge in [-0.1, -0.05) is 0 Å². The lowest BCUT2D eigenvalue weighted by Gasteiger charge is -2.11. The van der Waals surface area contributed by atoms with Crippen molar-refractivity contribution in [3.05, 3.63) is 27.4 Å². The number of halogens is 4. The minimum absolute atomic E-state index is 0.0443. The van der Waals surface area contributed by atoms with Gasteiger partial charge in [-0.25, -0.2) is 9.37 Å². The fraction of sp³-hybridized carbons (Fsp3) is 0.375. The Hall–Kier alpha value is -1.93. The van der Waals surface area contributed by atoms with Crippen LogP contribution in [0.4, 0.5) is 23.2 Å². The zero-order chi connectivity index (χ0) is 13.2. The largest absolute Gasteiger partial charge is 0.574 e. The third kappa shape index (κ3) is 3.02. The number of rotatable bonds is 3. The molecule has 0 atom stereocenters. The second-order valence-corrected chi connectivity index (χ2v) is 3.01. The van der Waals surface area contributed by atoms with Crippen LogP contribution in [0.3, 0.4) is 0 Å². The summed E-state index contributed by atoms with van der Waals surface area (Å²) >= 11 is 0. The molecule has 0 spiro atoms. The minimum atomic E-state index is -5.08. The highest BCUT2D eigenvalue weighted by Gasteiger charge is 2.35. The van der Waals surface area contributed by atoms with Gasteiger partial charge >= 0.3 is 6.36 Å².